The molecule has 0 fully saturated rings. The molecule has 2 aromatic heterocycles. The molecule has 0 saturated carbocycles. The van der Waals surface area contributed by atoms with Crippen LogP contribution in [0.1, 0.15) is 16.9 Å². The average Bonchev–Trinajstić information content (AvgIpc) is 3.29. The number of halogens is 2. The van der Waals surface area contributed by atoms with Gasteiger partial charge in [-0.3, -0.25) is 9.48 Å². The Labute approximate surface area is 153 Å². The lowest BCUT2D eigenvalue weighted by atomic mass is 10.2. The molecule has 1 amide bonds. The van der Waals surface area contributed by atoms with Crippen molar-refractivity contribution in [1.29, 1.82) is 0 Å². The van der Waals surface area contributed by atoms with Gasteiger partial charge in [0.2, 0.25) is 5.88 Å². The molecule has 9 heteroatoms. The molecular weight excluding hydrogens is 365 g/mol. The Bertz CT molecular complexity index is 950. The third kappa shape index (κ3) is 2.94. The van der Waals surface area contributed by atoms with E-state index >= 15 is 0 Å². The molecule has 130 valence electrons. The van der Waals surface area contributed by atoms with E-state index in [0.29, 0.717) is 37.1 Å². The Morgan fingerprint density at radius 2 is 2.24 bits per heavy atom. The highest BCUT2D eigenvalue weighted by molar-refractivity contribution is 6.35. The van der Waals surface area contributed by atoms with E-state index in [1.165, 1.54) is 0 Å². The van der Waals surface area contributed by atoms with Crippen LogP contribution in [0, 0.1) is 0 Å². The number of carbonyl (C=O) groups is 1. The summed E-state index contributed by atoms with van der Waals surface area (Å²) in [6.45, 7) is 2.30. The first kappa shape index (κ1) is 16.2. The summed E-state index contributed by atoms with van der Waals surface area (Å²) in [5.41, 5.74) is 1.18. The molecule has 0 unspecified atom stereocenters. The van der Waals surface area contributed by atoms with Crippen LogP contribution in [0.4, 0.5) is 0 Å². The zero-order chi connectivity index (χ0) is 17.4. The molecule has 0 aliphatic carbocycles. The van der Waals surface area contributed by atoms with Crippen LogP contribution in [0.3, 0.4) is 0 Å². The second-order valence-electron chi connectivity index (χ2n) is 5.69. The van der Waals surface area contributed by atoms with Crippen LogP contribution in [0.2, 0.25) is 10.0 Å². The van der Waals surface area contributed by atoms with Crippen molar-refractivity contribution in [2.45, 2.75) is 19.5 Å². The van der Waals surface area contributed by atoms with Gasteiger partial charge in [0, 0.05) is 18.5 Å². The normalized spacial score (nSPS) is 13.0. The Hall–Kier alpha value is -2.25. The summed E-state index contributed by atoms with van der Waals surface area (Å²) >= 11 is 12.3. The number of carbonyl (C=O) groups excluding carboxylic acids is 1. The Kier molecular flexibility index (Phi) is 4.27. The van der Waals surface area contributed by atoms with Gasteiger partial charge in [-0.1, -0.05) is 29.3 Å². The van der Waals surface area contributed by atoms with Crippen molar-refractivity contribution >= 4 is 40.0 Å². The number of aromatic nitrogens is 4. The minimum absolute atomic E-state index is 0.202. The number of rotatable bonds is 5. The molecule has 0 spiro atoms. The predicted molar refractivity (Wildman–Crippen MR) is 94.4 cm³/mol. The van der Waals surface area contributed by atoms with Crippen molar-refractivity contribution in [3.05, 3.63) is 40.1 Å². The van der Waals surface area contributed by atoms with Crippen molar-refractivity contribution in [1.82, 2.24) is 24.9 Å². The van der Waals surface area contributed by atoms with Crippen LogP contribution in [0.5, 0.6) is 5.88 Å². The number of hydrogen-bond donors (Lipinski definition) is 1. The summed E-state index contributed by atoms with van der Waals surface area (Å²) in [5.74, 6) is 0.163. The molecule has 7 nitrogen and oxygen atoms in total. The van der Waals surface area contributed by atoms with Gasteiger partial charge >= 0.3 is 0 Å². The number of ether oxygens (including phenoxy) is 1. The lowest BCUT2D eigenvalue weighted by Crippen LogP contribution is -2.26. The lowest BCUT2D eigenvalue weighted by molar-refractivity contribution is 0.0946. The van der Waals surface area contributed by atoms with Gasteiger partial charge in [-0.05, 0) is 18.6 Å². The second-order valence-corrected chi connectivity index (χ2v) is 6.47. The average molecular weight is 380 g/mol. The van der Waals surface area contributed by atoms with E-state index in [1.54, 1.807) is 10.9 Å². The summed E-state index contributed by atoms with van der Waals surface area (Å²) in [6, 6.07) is 5.71. The number of fused-ring (bicyclic) bond motifs is 2. The zero-order valence-corrected chi connectivity index (χ0v) is 14.7. The fraction of sp³-hybridized carbons (Fsp3) is 0.312. The highest BCUT2D eigenvalue weighted by Crippen LogP contribution is 2.31. The quantitative estimate of drug-likeness (QED) is 0.691. The summed E-state index contributed by atoms with van der Waals surface area (Å²) in [5, 5.41) is 13.2. The summed E-state index contributed by atoms with van der Waals surface area (Å²) in [4.78, 5) is 12.2. The van der Waals surface area contributed by atoms with Crippen molar-refractivity contribution in [3.8, 4) is 5.88 Å². The molecule has 1 aliphatic rings. The minimum atomic E-state index is -0.302. The van der Waals surface area contributed by atoms with Gasteiger partial charge in [-0.25, -0.2) is 4.68 Å². The number of aryl methyl sites for hydroxylation is 1. The van der Waals surface area contributed by atoms with E-state index in [0.717, 1.165) is 17.3 Å². The fourth-order valence-corrected chi connectivity index (χ4v) is 3.34. The number of benzene rings is 1. The van der Waals surface area contributed by atoms with Crippen molar-refractivity contribution in [2.75, 3.05) is 13.2 Å². The minimum Gasteiger partial charge on any atom is -0.475 e. The largest absolute Gasteiger partial charge is 0.475 e. The molecule has 4 rings (SSSR count). The molecule has 3 heterocycles. The zero-order valence-electron chi connectivity index (χ0n) is 13.2. The van der Waals surface area contributed by atoms with Gasteiger partial charge in [0.1, 0.15) is 11.6 Å². The number of hydrogen-bond acceptors (Lipinski definition) is 4. The van der Waals surface area contributed by atoms with E-state index in [9.17, 15) is 4.79 Å². The van der Waals surface area contributed by atoms with E-state index in [1.807, 2.05) is 22.9 Å². The maximum atomic E-state index is 12.2. The molecule has 25 heavy (non-hydrogen) atoms. The van der Waals surface area contributed by atoms with Gasteiger partial charge < -0.3 is 10.1 Å². The third-order valence-electron chi connectivity index (χ3n) is 4.07. The number of amides is 1. The maximum absolute atomic E-state index is 12.2. The smallest absolute Gasteiger partial charge is 0.273 e. The van der Waals surface area contributed by atoms with Gasteiger partial charge in [0.05, 0.1) is 23.3 Å². The van der Waals surface area contributed by atoms with Crippen molar-refractivity contribution in [3.63, 3.8) is 0 Å². The first-order valence-electron chi connectivity index (χ1n) is 7.92. The van der Waals surface area contributed by atoms with Crippen LogP contribution >= 0.6 is 23.2 Å². The first-order chi connectivity index (χ1) is 12.1. The van der Waals surface area contributed by atoms with Gasteiger partial charge in [0.15, 0.2) is 5.69 Å². The highest BCUT2D eigenvalue weighted by Gasteiger charge is 2.25. The Morgan fingerprint density at radius 3 is 3.08 bits per heavy atom. The number of nitrogens with one attached hydrogen (secondary N) is 1. The summed E-state index contributed by atoms with van der Waals surface area (Å²) in [7, 11) is 0. The maximum Gasteiger partial charge on any atom is 0.273 e. The molecule has 0 saturated heterocycles. The van der Waals surface area contributed by atoms with Crippen LogP contribution < -0.4 is 10.1 Å². The van der Waals surface area contributed by atoms with Gasteiger partial charge in [-0.2, -0.15) is 10.2 Å². The topological polar surface area (TPSA) is 74.0 Å². The Morgan fingerprint density at radius 1 is 1.36 bits per heavy atom. The van der Waals surface area contributed by atoms with Crippen LogP contribution in [0.15, 0.2) is 24.4 Å². The van der Waals surface area contributed by atoms with E-state index < -0.39 is 0 Å². The summed E-state index contributed by atoms with van der Waals surface area (Å²) < 4.78 is 8.83. The monoisotopic (exact) mass is 379 g/mol. The molecule has 0 atom stereocenters. The molecule has 0 radical (unpaired) electrons. The molecule has 1 aromatic carbocycles. The molecule has 1 N–H and O–H groups in total. The standard InChI is InChI=1S/C16H15Cl2N5O2/c17-11-3-1-4-12-10(11)9-20-22(12)6-2-5-19-15(24)14-13(18)16-23(21-14)7-8-25-16/h1,3-4,9H,2,5-8H2,(H,19,24). The number of nitrogens with zero attached hydrogens (tertiary/aromatic N) is 4. The third-order valence-corrected chi connectivity index (χ3v) is 4.74. The van der Waals surface area contributed by atoms with Crippen LogP contribution in [0.25, 0.3) is 10.9 Å². The van der Waals surface area contributed by atoms with E-state index in [-0.39, 0.29) is 16.6 Å². The lowest BCUT2D eigenvalue weighted by Gasteiger charge is -2.06. The molecule has 3 aromatic rings. The van der Waals surface area contributed by atoms with E-state index in [2.05, 4.69) is 15.5 Å². The van der Waals surface area contributed by atoms with Gasteiger partial charge in [-0.15, -0.1) is 0 Å². The SMILES string of the molecule is O=C(NCCCn1ncc2c(Cl)cccc21)c1nn2c(c1Cl)OCC2. The predicted octanol–water partition coefficient (Wildman–Crippen LogP) is 2.75. The van der Waals surface area contributed by atoms with Crippen molar-refractivity contribution < 1.29 is 9.53 Å². The molecule has 0 bridgehead atoms. The molecule has 1 aliphatic heterocycles. The first-order valence-corrected chi connectivity index (χ1v) is 8.68. The van der Waals surface area contributed by atoms with E-state index in [4.69, 9.17) is 27.9 Å². The van der Waals surface area contributed by atoms with Crippen molar-refractivity contribution in [2.24, 2.45) is 0 Å². The highest BCUT2D eigenvalue weighted by atomic mass is 35.5. The van der Waals surface area contributed by atoms with Gasteiger partial charge in [0.25, 0.3) is 5.91 Å². The Balaban J connectivity index is 1.35. The second kappa shape index (κ2) is 6.57. The summed E-state index contributed by atoms with van der Waals surface area (Å²) in [6.07, 6.45) is 2.47. The van der Waals surface area contributed by atoms with Crippen LogP contribution in [-0.4, -0.2) is 38.6 Å². The molecular formula is C16H15Cl2N5O2. The van der Waals surface area contributed by atoms with Crippen LogP contribution in [-0.2, 0) is 13.1 Å². The fourth-order valence-electron chi connectivity index (χ4n) is 2.85.